The van der Waals surface area contributed by atoms with Crippen molar-refractivity contribution in [2.75, 3.05) is 26.3 Å². The van der Waals surface area contributed by atoms with Crippen LogP contribution in [0.15, 0.2) is 30.3 Å². The van der Waals surface area contributed by atoms with Crippen molar-refractivity contribution in [3.63, 3.8) is 0 Å². The summed E-state index contributed by atoms with van der Waals surface area (Å²) in [6.07, 6.45) is 1.69. The Balaban J connectivity index is 1.68. The number of rotatable bonds is 5. The maximum Gasteiger partial charge on any atom is 0.318 e. The van der Waals surface area contributed by atoms with Gasteiger partial charge in [-0.05, 0) is 18.4 Å². The second-order valence-electron chi connectivity index (χ2n) is 6.47. The van der Waals surface area contributed by atoms with E-state index in [2.05, 4.69) is 16.7 Å². The van der Waals surface area contributed by atoms with Gasteiger partial charge in [-0.3, -0.25) is 4.79 Å². The van der Waals surface area contributed by atoms with E-state index >= 15 is 0 Å². The molecule has 25 heavy (non-hydrogen) atoms. The molecule has 1 saturated heterocycles. The molecule has 3 rings (SSSR count). The number of carbonyl (C=O) groups excluding carboxylic acids is 2. The first-order valence-corrected chi connectivity index (χ1v) is 8.52. The normalized spacial score (nSPS) is 19.4. The molecule has 132 valence electrons. The van der Waals surface area contributed by atoms with Gasteiger partial charge in [-0.1, -0.05) is 30.3 Å². The highest BCUT2D eigenvalue weighted by molar-refractivity contribution is 5.88. The molecular weight excluding hydrogens is 320 g/mol. The number of benzene rings is 1. The number of morpholine rings is 1. The minimum Gasteiger partial charge on any atom is -0.378 e. The first-order chi connectivity index (χ1) is 12.1. The lowest BCUT2D eigenvalue weighted by Crippen LogP contribution is -2.55. The quantitative estimate of drug-likeness (QED) is 0.828. The fourth-order valence-corrected chi connectivity index (χ4v) is 2.78. The van der Waals surface area contributed by atoms with Crippen molar-refractivity contribution in [2.24, 2.45) is 0 Å². The molecule has 3 amide bonds. The molecular formula is C18H22N4O3. The van der Waals surface area contributed by atoms with E-state index < -0.39 is 11.6 Å². The van der Waals surface area contributed by atoms with Gasteiger partial charge in [0.2, 0.25) is 5.91 Å². The Hall–Kier alpha value is -2.59. The Labute approximate surface area is 146 Å². The van der Waals surface area contributed by atoms with Gasteiger partial charge in [-0.25, -0.2) is 4.79 Å². The van der Waals surface area contributed by atoms with Crippen LogP contribution in [0, 0.1) is 11.3 Å². The van der Waals surface area contributed by atoms with Gasteiger partial charge >= 0.3 is 6.03 Å². The molecule has 2 N–H and O–H groups in total. The number of hydrogen-bond acceptors (Lipinski definition) is 4. The van der Waals surface area contributed by atoms with Gasteiger partial charge < -0.3 is 20.3 Å². The largest absolute Gasteiger partial charge is 0.378 e. The van der Waals surface area contributed by atoms with Gasteiger partial charge in [0.25, 0.3) is 0 Å². The highest BCUT2D eigenvalue weighted by Crippen LogP contribution is 2.34. The molecule has 1 aliphatic heterocycles. The molecule has 1 aromatic rings. The number of hydrogen-bond donors (Lipinski definition) is 2. The maximum absolute atomic E-state index is 12.7. The van der Waals surface area contributed by atoms with Crippen LogP contribution in [-0.4, -0.2) is 54.7 Å². The minimum atomic E-state index is -0.754. The zero-order chi connectivity index (χ0) is 17.7. The molecule has 1 saturated carbocycles. The van der Waals surface area contributed by atoms with Crippen LogP contribution in [0.1, 0.15) is 18.4 Å². The van der Waals surface area contributed by atoms with Crippen molar-refractivity contribution >= 4 is 11.9 Å². The Morgan fingerprint density at radius 1 is 1.24 bits per heavy atom. The highest BCUT2D eigenvalue weighted by Gasteiger charge is 2.45. The predicted octanol–water partition coefficient (Wildman–Crippen LogP) is 0.812. The van der Waals surface area contributed by atoms with Crippen LogP contribution in [-0.2, 0) is 16.0 Å². The van der Waals surface area contributed by atoms with E-state index in [0.29, 0.717) is 45.6 Å². The number of ether oxygens (including phenoxy) is 1. The maximum atomic E-state index is 12.7. The average molecular weight is 342 g/mol. The van der Waals surface area contributed by atoms with E-state index in [1.54, 1.807) is 4.90 Å². The molecule has 7 nitrogen and oxygen atoms in total. The molecule has 7 heteroatoms. The molecule has 0 radical (unpaired) electrons. The summed E-state index contributed by atoms with van der Waals surface area (Å²) in [5.41, 5.74) is 0.196. The molecule has 0 aromatic heterocycles. The summed E-state index contributed by atoms with van der Waals surface area (Å²) in [6.45, 7) is 2.02. The van der Waals surface area contributed by atoms with Crippen molar-refractivity contribution in [2.45, 2.75) is 30.8 Å². The van der Waals surface area contributed by atoms with Crippen molar-refractivity contribution in [1.82, 2.24) is 15.5 Å². The average Bonchev–Trinajstić information content (AvgIpc) is 3.42. The fourth-order valence-electron chi connectivity index (χ4n) is 2.78. The monoisotopic (exact) mass is 342 g/mol. The predicted molar refractivity (Wildman–Crippen MR) is 90.6 cm³/mol. The molecule has 1 atom stereocenters. The van der Waals surface area contributed by atoms with Gasteiger partial charge in [0.1, 0.15) is 11.6 Å². The van der Waals surface area contributed by atoms with Crippen molar-refractivity contribution < 1.29 is 14.3 Å². The van der Waals surface area contributed by atoms with Gasteiger partial charge in [0.05, 0.1) is 19.3 Å². The van der Waals surface area contributed by atoms with Crippen LogP contribution in [0.5, 0.6) is 0 Å². The molecule has 0 bridgehead atoms. The zero-order valence-electron chi connectivity index (χ0n) is 14.0. The van der Waals surface area contributed by atoms with Gasteiger partial charge in [-0.2, -0.15) is 5.26 Å². The van der Waals surface area contributed by atoms with Crippen LogP contribution in [0.4, 0.5) is 4.79 Å². The lowest BCUT2D eigenvalue weighted by atomic mass is 10.0. The molecule has 0 unspecified atom stereocenters. The third-order valence-electron chi connectivity index (χ3n) is 4.52. The summed E-state index contributed by atoms with van der Waals surface area (Å²) in [6, 6.07) is 10.7. The number of urea groups is 1. The third-order valence-corrected chi connectivity index (χ3v) is 4.52. The number of nitrogens with zero attached hydrogens (tertiary/aromatic N) is 2. The van der Waals surface area contributed by atoms with Crippen molar-refractivity contribution in [3.8, 4) is 6.07 Å². The molecule has 2 aliphatic rings. The van der Waals surface area contributed by atoms with Crippen LogP contribution < -0.4 is 10.6 Å². The summed E-state index contributed by atoms with van der Waals surface area (Å²) in [5.74, 6) is -0.315. The summed E-state index contributed by atoms with van der Waals surface area (Å²) in [4.78, 5) is 26.8. The van der Waals surface area contributed by atoms with Crippen LogP contribution in [0.2, 0.25) is 0 Å². The molecule has 1 aromatic carbocycles. The van der Waals surface area contributed by atoms with E-state index in [1.165, 1.54) is 0 Å². The second kappa shape index (κ2) is 7.53. The summed E-state index contributed by atoms with van der Waals surface area (Å²) in [5, 5.41) is 14.8. The van der Waals surface area contributed by atoms with E-state index in [4.69, 9.17) is 4.74 Å². The van der Waals surface area contributed by atoms with Gasteiger partial charge in [0, 0.05) is 19.5 Å². The fraction of sp³-hybridized carbons (Fsp3) is 0.500. The van der Waals surface area contributed by atoms with Gasteiger partial charge in [0.15, 0.2) is 0 Å². The molecule has 0 spiro atoms. The smallest absolute Gasteiger partial charge is 0.318 e. The SMILES string of the molecule is N#CC1(NC(=O)[C@H](Cc2ccccc2)NC(=O)N2CCOCC2)CC1. The van der Waals surface area contributed by atoms with Gasteiger partial charge in [-0.15, -0.1) is 0 Å². The number of nitrogens with one attached hydrogen (secondary N) is 2. The van der Waals surface area contributed by atoms with Crippen molar-refractivity contribution in [1.29, 1.82) is 5.26 Å². The Morgan fingerprint density at radius 3 is 2.52 bits per heavy atom. The van der Waals surface area contributed by atoms with Crippen LogP contribution in [0.3, 0.4) is 0 Å². The second-order valence-corrected chi connectivity index (χ2v) is 6.47. The number of nitriles is 1. The van der Waals surface area contributed by atoms with Crippen LogP contribution >= 0.6 is 0 Å². The topological polar surface area (TPSA) is 94.5 Å². The lowest BCUT2D eigenvalue weighted by Gasteiger charge is -2.29. The van der Waals surface area contributed by atoms with E-state index in [0.717, 1.165) is 5.56 Å². The van der Waals surface area contributed by atoms with E-state index in [9.17, 15) is 14.9 Å². The van der Waals surface area contributed by atoms with E-state index in [-0.39, 0.29) is 11.9 Å². The van der Waals surface area contributed by atoms with Crippen LogP contribution in [0.25, 0.3) is 0 Å². The van der Waals surface area contributed by atoms with E-state index in [1.807, 2.05) is 30.3 Å². The number of amides is 3. The third kappa shape index (κ3) is 4.48. The first kappa shape index (κ1) is 17.2. The Kier molecular flexibility index (Phi) is 5.19. The summed E-state index contributed by atoms with van der Waals surface area (Å²) in [7, 11) is 0. The molecule has 1 heterocycles. The minimum absolute atomic E-state index is 0.277. The first-order valence-electron chi connectivity index (χ1n) is 8.52. The molecule has 1 aliphatic carbocycles. The molecule has 2 fully saturated rings. The Bertz CT molecular complexity index is 661. The van der Waals surface area contributed by atoms with Crippen molar-refractivity contribution in [3.05, 3.63) is 35.9 Å². The standard InChI is InChI=1S/C18H22N4O3/c19-13-18(6-7-18)21-16(23)15(12-14-4-2-1-3-5-14)20-17(24)22-8-10-25-11-9-22/h1-5,15H,6-12H2,(H,20,24)(H,21,23)/t15-/m0/s1. The Morgan fingerprint density at radius 2 is 1.92 bits per heavy atom. The lowest BCUT2D eigenvalue weighted by molar-refractivity contribution is -0.123. The highest BCUT2D eigenvalue weighted by atomic mass is 16.5. The zero-order valence-corrected chi connectivity index (χ0v) is 14.0. The summed E-state index contributed by atoms with van der Waals surface area (Å²) >= 11 is 0. The number of carbonyl (C=O) groups is 2. The summed E-state index contributed by atoms with van der Waals surface area (Å²) < 4.78 is 5.25.